The zero-order valence-electron chi connectivity index (χ0n) is 15.6. The van der Waals surface area contributed by atoms with Gasteiger partial charge < -0.3 is 10.1 Å². The zero-order valence-corrected chi connectivity index (χ0v) is 16.4. The first-order chi connectivity index (χ1) is 13.2. The normalized spacial score (nSPS) is 13.1. The van der Waals surface area contributed by atoms with Gasteiger partial charge in [-0.2, -0.15) is 5.26 Å². The molecule has 0 saturated heterocycles. The molecule has 6 heteroatoms. The molecule has 1 N–H and O–H groups in total. The van der Waals surface area contributed by atoms with Crippen LogP contribution in [0.25, 0.3) is 0 Å². The molecule has 1 amide bonds. The summed E-state index contributed by atoms with van der Waals surface area (Å²) in [5, 5.41) is 13.1. The van der Waals surface area contributed by atoms with Gasteiger partial charge in [0.25, 0.3) is 5.91 Å². The summed E-state index contributed by atoms with van der Waals surface area (Å²) >= 11 is 1.42. The average Bonchev–Trinajstić information content (AvgIpc) is 3.55. The number of hydrogen-bond acceptors (Lipinski definition) is 5. The summed E-state index contributed by atoms with van der Waals surface area (Å²) in [5.41, 5.74) is 2.96. The molecule has 0 spiro atoms. The van der Waals surface area contributed by atoms with Gasteiger partial charge in [0, 0.05) is 18.2 Å². The molecule has 1 heterocycles. The van der Waals surface area contributed by atoms with Crippen molar-refractivity contribution in [1.29, 1.82) is 5.26 Å². The van der Waals surface area contributed by atoms with E-state index in [9.17, 15) is 10.1 Å². The van der Waals surface area contributed by atoms with Crippen LogP contribution in [0.4, 0.5) is 0 Å². The molecule has 0 aliphatic heterocycles. The zero-order chi connectivity index (χ0) is 19.2. The third-order valence-electron chi connectivity index (χ3n) is 4.64. The van der Waals surface area contributed by atoms with Gasteiger partial charge in [0.15, 0.2) is 0 Å². The van der Waals surface area contributed by atoms with Crippen molar-refractivity contribution >= 4 is 17.7 Å². The Kier molecular flexibility index (Phi) is 6.36. The maximum atomic E-state index is 12.7. The highest BCUT2D eigenvalue weighted by atomic mass is 32.2. The topological polar surface area (TPSA) is 75.0 Å². The summed E-state index contributed by atoms with van der Waals surface area (Å²) in [6.07, 6.45) is 5.80. The molecule has 1 fully saturated rings. The van der Waals surface area contributed by atoms with Crippen LogP contribution in [-0.4, -0.2) is 30.8 Å². The van der Waals surface area contributed by atoms with Crippen LogP contribution in [0.5, 0.6) is 5.75 Å². The Bertz CT molecular complexity index is 855. The van der Waals surface area contributed by atoms with Gasteiger partial charge in [-0.3, -0.25) is 4.79 Å². The van der Waals surface area contributed by atoms with Gasteiger partial charge in [-0.1, -0.05) is 12.1 Å². The Morgan fingerprint density at radius 1 is 1.37 bits per heavy atom. The second-order valence-electron chi connectivity index (χ2n) is 6.57. The van der Waals surface area contributed by atoms with Gasteiger partial charge in [0.2, 0.25) is 0 Å². The number of pyridine rings is 1. The van der Waals surface area contributed by atoms with Crippen LogP contribution in [0.3, 0.4) is 0 Å². The molecule has 0 bridgehead atoms. The van der Waals surface area contributed by atoms with Crippen LogP contribution >= 0.6 is 11.8 Å². The molecule has 1 aromatic carbocycles. The van der Waals surface area contributed by atoms with Gasteiger partial charge in [-0.25, -0.2) is 4.98 Å². The molecule has 3 rings (SSSR count). The molecule has 140 valence electrons. The van der Waals surface area contributed by atoms with Gasteiger partial charge in [-0.15, -0.1) is 11.8 Å². The summed E-state index contributed by atoms with van der Waals surface area (Å²) in [7, 11) is 1.65. The van der Waals surface area contributed by atoms with Gasteiger partial charge in [0.1, 0.15) is 16.8 Å². The Labute approximate surface area is 164 Å². The number of aromatic nitrogens is 1. The smallest absolute Gasteiger partial charge is 0.252 e. The number of thioether (sulfide) groups is 1. The van der Waals surface area contributed by atoms with Crippen molar-refractivity contribution in [2.75, 3.05) is 19.9 Å². The highest BCUT2D eigenvalue weighted by molar-refractivity contribution is 7.98. The number of amides is 1. The van der Waals surface area contributed by atoms with E-state index >= 15 is 0 Å². The monoisotopic (exact) mass is 381 g/mol. The predicted molar refractivity (Wildman–Crippen MR) is 106 cm³/mol. The fourth-order valence-corrected chi connectivity index (χ4v) is 3.50. The Morgan fingerprint density at radius 3 is 2.70 bits per heavy atom. The number of nitriles is 1. The summed E-state index contributed by atoms with van der Waals surface area (Å²) in [6, 6.07) is 11.9. The summed E-state index contributed by atoms with van der Waals surface area (Å²) in [5.74, 6) is 1.08. The number of benzene rings is 1. The molecule has 0 atom stereocenters. The molecule has 5 nitrogen and oxygen atoms in total. The molecule has 1 aliphatic rings. The minimum atomic E-state index is -0.194. The van der Waals surface area contributed by atoms with E-state index in [-0.39, 0.29) is 5.91 Å². The molecule has 1 aliphatic carbocycles. The van der Waals surface area contributed by atoms with E-state index in [4.69, 9.17) is 4.74 Å². The van der Waals surface area contributed by atoms with Crippen molar-refractivity contribution in [3.63, 3.8) is 0 Å². The SMILES string of the molecule is COc1ccc(CCCNC(=O)c2cc(C3CC3)nc(SC)c2C#N)cc1. The van der Waals surface area contributed by atoms with Crippen molar-refractivity contribution < 1.29 is 9.53 Å². The van der Waals surface area contributed by atoms with E-state index in [0.29, 0.717) is 28.6 Å². The minimum absolute atomic E-state index is 0.194. The molecule has 2 aromatic rings. The number of nitrogens with one attached hydrogen (secondary N) is 1. The van der Waals surface area contributed by atoms with Crippen molar-refractivity contribution in [3.05, 3.63) is 52.7 Å². The Hall–Kier alpha value is -2.52. The largest absolute Gasteiger partial charge is 0.497 e. The predicted octanol–water partition coefficient (Wildman–Crippen LogP) is 3.92. The molecule has 0 radical (unpaired) electrons. The van der Waals surface area contributed by atoms with Crippen LogP contribution in [0, 0.1) is 11.3 Å². The quantitative estimate of drug-likeness (QED) is 0.554. The second kappa shape index (κ2) is 8.92. The Morgan fingerprint density at radius 2 is 2.11 bits per heavy atom. The number of hydrogen-bond donors (Lipinski definition) is 1. The Balaban J connectivity index is 1.61. The first kappa shape index (κ1) is 19.2. The molecule has 27 heavy (non-hydrogen) atoms. The number of carbonyl (C=O) groups excluding carboxylic acids is 1. The van der Waals surface area contributed by atoms with E-state index in [1.54, 1.807) is 13.2 Å². The number of ether oxygens (including phenoxy) is 1. The first-order valence-corrected chi connectivity index (χ1v) is 10.3. The van der Waals surface area contributed by atoms with Crippen LogP contribution < -0.4 is 10.1 Å². The van der Waals surface area contributed by atoms with Crippen molar-refractivity contribution in [2.45, 2.75) is 36.6 Å². The maximum absolute atomic E-state index is 12.7. The third kappa shape index (κ3) is 4.81. The van der Waals surface area contributed by atoms with Crippen LogP contribution in [0.1, 0.15) is 52.4 Å². The third-order valence-corrected chi connectivity index (χ3v) is 5.32. The fourth-order valence-electron chi connectivity index (χ4n) is 2.95. The lowest BCUT2D eigenvalue weighted by Gasteiger charge is -2.11. The lowest BCUT2D eigenvalue weighted by molar-refractivity contribution is 0.0952. The molecule has 1 saturated carbocycles. The fraction of sp³-hybridized carbons (Fsp3) is 0.381. The standard InChI is InChI=1S/C21H23N3O2S/c1-26-16-9-5-14(6-10-16)4-3-11-23-20(25)17-12-19(15-7-8-15)24-21(27-2)18(17)13-22/h5-6,9-10,12,15H,3-4,7-8,11H2,1-2H3,(H,23,25). The van der Waals surface area contributed by atoms with E-state index in [1.165, 1.54) is 17.3 Å². The van der Waals surface area contributed by atoms with Crippen molar-refractivity contribution in [3.8, 4) is 11.8 Å². The van der Waals surface area contributed by atoms with Crippen molar-refractivity contribution in [2.24, 2.45) is 0 Å². The number of methoxy groups -OCH3 is 1. The van der Waals surface area contributed by atoms with Gasteiger partial charge in [-0.05, 0) is 55.7 Å². The summed E-state index contributed by atoms with van der Waals surface area (Å²) in [4.78, 5) is 17.2. The average molecular weight is 382 g/mol. The van der Waals surface area contributed by atoms with Crippen molar-refractivity contribution in [1.82, 2.24) is 10.3 Å². The summed E-state index contributed by atoms with van der Waals surface area (Å²) < 4.78 is 5.16. The van der Waals surface area contributed by atoms with E-state index in [2.05, 4.69) is 16.4 Å². The molecule has 1 aromatic heterocycles. The van der Waals surface area contributed by atoms with Crippen LogP contribution in [0.2, 0.25) is 0 Å². The molecule has 0 unspecified atom stereocenters. The van der Waals surface area contributed by atoms with E-state index < -0.39 is 0 Å². The van der Waals surface area contributed by atoms with Crippen LogP contribution in [0.15, 0.2) is 35.4 Å². The van der Waals surface area contributed by atoms with E-state index in [0.717, 1.165) is 37.1 Å². The minimum Gasteiger partial charge on any atom is -0.497 e. The first-order valence-electron chi connectivity index (χ1n) is 9.06. The van der Waals surface area contributed by atoms with E-state index in [1.807, 2.05) is 30.5 Å². The van der Waals surface area contributed by atoms with Crippen LogP contribution in [-0.2, 0) is 6.42 Å². The van der Waals surface area contributed by atoms with Gasteiger partial charge >= 0.3 is 0 Å². The van der Waals surface area contributed by atoms with Gasteiger partial charge in [0.05, 0.1) is 18.2 Å². The second-order valence-corrected chi connectivity index (χ2v) is 7.37. The molecular formula is C21H23N3O2S. The number of aryl methyl sites for hydroxylation is 1. The molecular weight excluding hydrogens is 358 g/mol. The highest BCUT2D eigenvalue weighted by Gasteiger charge is 2.28. The lowest BCUT2D eigenvalue weighted by atomic mass is 10.1. The highest BCUT2D eigenvalue weighted by Crippen LogP contribution is 2.40. The number of rotatable bonds is 8. The number of carbonyl (C=O) groups is 1. The number of nitrogens with zero attached hydrogens (tertiary/aromatic N) is 2. The maximum Gasteiger partial charge on any atom is 0.252 e. The lowest BCUT2D eigenvalue weighted by Crippen LogP contribution is -2.26. The summed E-state index contributed by atoms with van der Waals surface area (Å²) in [6.45, 7) is 0.561.